The first kappa shape index (κ1) is 14.4. The third kappa shape index (κ3) is 4.18. The molecule has 0 aliphatic heterocycles. The van der Waals surface area contributed by atoms with Gasteiger partial charge in [0.05, 0.1) is 5.54 Å². The first-order valence-electron chi connectivity index (χ1n) is 5.53. The summed E-state index contributed by atoms with van der Waals surface area (Å²) in [5, 5.41) is 0. The fourth-order valence-electron chi connectivity index (χ4n) is 1.58. The Morgan fingerprint density at radius 2 is 1.87 bits per heavy atom. The molecule has 0 aliphatic rings. The highest BCUT2D eigenvalue weighted by atomic mass is 16.1. The normalized spacial score (nSPS) is 19.7. The van der Waals surface area contributed by atoms with E-state index in [0.29, 0.717) is 12.5 Å². The standard InChI is InChI=1S/C11H25N3O/c1-6-8(2)14(5)9(3)7-11(4,13)10(12)15/h8-9H,6-7,13H2,1-5H3,(H2,12,15). The van der Waals surface area contributed by atoms with Crippen molar-refractivity contribution in [3.63, 3.8) is 0 Å². The third-order valence-electron chi connectivity index (χ3n) is 3.26. The maximum Gasteiger partial charge on any atom is 0.237 e. The number of rotatable bonds is 6. The lowest BCUT2D eigenvalue weighted by Gasteiger charge is -2.34. The van der Waals surface area contributed by atoms with E-state index in [1.54, 1.807) is 6.92 Å². The summed E-state index contributed by atoms with van der Waals surface area (Å²) in [6.45, 7) is 8.06. The maximum atomic E-state index is 11.1. The molecular formula is C11H25N3O. The number of nitrogens with two attached hydrogens (primary N) is 2. The lowest BCUT2D eigenvalue weighted by Crippen LogP contribution is -2.53. The molecule has 90 valence electrons. The second-order valence-electron chi connectivity index (χ2n) is 4.76. The van der Waals surface area contributed by atoms with Gasteiger partial charge in [0.1, 0.15) is 0 Å². The SMILES string of the molecule is CCC(C)N(C)C(C)CC(C)(N)C(N)=O. The minimum Gasteiger partial charge on any atom is -0.368 e. The summed E-state index contributed by atoms with van der Waals surface area (Å²) in [5.41, 5.74) is 10.2. The molecule has 0 aromatic carbocycles. The molecule has 4 nitrogen and oxygen atoms in total. The van der Waals surface area contributed by atoms with Gasteiger partial charge in [0.25, 0.3) is 0 Å². The molecule has 0 spiro atoms. The van der Waals surface area contributed by atoms with Gasteiger partial charge in [-0.1, -0.05) is 6.92 Å². The zero-order valence-corrected chi connectivity index (χ0v) is 10.6. The summed E-state index contributed by atoms with van der Waals surface area (Å²) >= 11 is 0. The van der Waals surface area contributed by atoms with E-state index in [1.807, 2.05) is 0 Å². The summed E-state index contributed by atoms with van der Waals surface area (Å²) in [6, 6.07) is 0.742. The fourth-order valence-corrected chi connectivity index (χ4v) is 1.58. The van der Waals surface area contributed by atoms with Crippen molar-refractivity contribution in [2.75, 3.05) is 7.05 Å². The molecule has 0 fully saturated rings. The maximum absolute atomic E-state index is 11.1. The Kier molecular flexibility index (Phi) is 5.24. The van der Waals surface area contributed by atoms with Crippen LogP contribution in [0.25, 0.3) is 0 Å². The average Bonchev–Trinajstić information content (AvgIpc) is 2.14. The molecule has 0 aromatic heterocycles. The van der Waals surface area contributed by atoms with Crippen LogP contribution in [-0.4, -0.2) is 35.5 Å². The molecule has 0 radical (unpaired) electrons. The molecule has 0 bridgehead atoms. The van der Waals surface area contributed by atoms with Crippen molar-refractivity contribution in [3.05, 3.63) is 0 Å². The van der Waals surface area contributed by atoms with Gasteiger partial charge in [0, 0.05) is 12.1 Å². The highest BCUT2D eigenvalue weighted by Gasteiger charge is 2.30. The van der Waals surface area contributed by atoms with E-state index in [9.17, 15) is 4.79 Å². The number of hydrogen-bond donors (Lipinski definition) is 2. The van der Waals surface area contributed by atoms with Crippen LogP contribution in [0.4, 0.5) is 0 Å². The molecule has 4 heteroatoms. The Labute approximate surface area is 93.0 Å². The Bertz CT molecular complexity index is 216. The molecule has 3 atom stereocenters. The van der Waals surface area contributed by atoms with Crippen LogP contribution in [0.3, 0.4) is 0 Å². The van der Waals surface area contributed by atoms with E-state index < -0.39 is 11.4 Å². The monoisotopic (exact) mass is 215 g/mol. The number of nitrogens with zero attached hydrogens (tertiary/aromatic N) is 1. The second-order valence-corrected chi connectivity index (χ2v) is 4.76. The summed E-state index contributed by atoms with van der Waals surface area (Å²) in [4.78, 5) is 13.3. The molecule has 1 amide bonds. The van der Waals surface area contributed by atoms with E-state index in [1.165, 1.54) is 0 Å². The van der Waals surface area contributed by atoms with E-state index in [4.69, 9.17) is 11.5 Å². The van der Waals surface area contributed by atoms with E-state index >= 15 is 0 Å². The quantitative estimate of drug-likeness (QED) is 0.685. The molecule has 4 N–H and O–H groups in total. The second kappa shape index (κ2) is 5.47. The van der Waals surface area contributed by atoms with Crippen molar-refractivity contribution < 1.29 is 4.79 Å². The Morgan fingerprint density at radius 1 is 1.40 bits per heavy atom. The third-order valence-corrected chi connectivity index (χ3v) is 3.26. The predicted molar refractivity (Wildman–Crippen MR) is 63.4 cm³/mol. The molecular weight excluding hydrogens is 190 g/mol. The van der Waals surface area contributed by atoms with Gasteiger partial charge < -0.3 is 16.4 Å². The van der Waals surface area contributed by atoms with E-state index in [0.717, 1.165) is 6.42 Å². The summed E-state index contributed by atoms with van der Waals surface area (Å²) in [7, 11) is 2.05. The Morgan fingerprint density at radius 3 is 2.20 bits per heavy atom. The average molecular weight is 215 g/mol. The van der Waals surface area contributed by atoms with Crippen molar-refractivity contribution >= 4 is 5.91 Å². The van der Waals surface area contributed by atoms with E-state index in [2.05, 4.69) is 32.7 Å². The number of primary amides is 1. The largest absolute Gasteiger partial charge is 0.368 e. The molecule has 0 aromatic rings. The van der Waals surface area contributed by atoms with Crippen LogP contribution in [0, 0.1) is 0 Å². The molecule has 15 heavy (non-hydrogen) atoms. The molecule has 3 unspecified atom stereocenters. The first-order chi connectivity index (χ1) is 6.72. The van der Waals surface area contributed by atoms with Gasteiger partial charge in [-0.2, -0.15) is 0 Å². The summed E-state index contributed by atoms with van der Waals surface area (Å²) in [6.07, 6.45) is 1.67. The summed E-state index contributed by atoms with van der Waals surface area (Å²) < 4.78 is 0. The minimum absolute atomic E-state index is 0.252. The number of hydrogen-bond acceptors (Lipinski definition) is 3. The topological polar surface area (TPSA) is 72.3 Å². The van der Waals surface area contributed by atoms with Crippen LogP contribution >= 0.6 is 0 Å². The van der Waals surface area contributed by atoms with Gasteiger partial charge in [0.15, 0.2) is 0 Å². The van der Waals surface area contributed by atoms with Crippen LogP contribution < -0.4 is 11.5 Å². The van der Waals surface area contributed by atoms with Gasteiger partial charge >= 0.3 is 0 Å². The van der Waals surface area contributed by atoms with Crippen LogP contribution in [0.15, 0.2) is 0 Å². The lowest BCUT2D eigenvalue weighted by molar-refractivity contribution is -0.123. The highest BCUT2D eigenvalue weighted by Crippen LogP contribution is 2.15. The van der Waals surface area contributed by atoms with Gasteiger partial charge in [-0.05, 0) is 40.7 Å². The highest BCUT2D eigenvalue weighted by molar-refractivity contribution is 5.83. The fraction of sp³-hybridized carbons (Fsp3) is 0.909. The molecule has 0 aliphatic carbocycles. The van der Waals surface area contributed by atoms with Crippen LogP contribution in [-0.2, 0) is 4.79 Å². The lowest BCUT2D eigenvalue weighted by atomic mass is 9.93. The van der Waals surface area contributed by atoms with E-state index in [-0.39, 0.29) is 6.04 Å². The molecule has 0 heterocycles. The smallest absolute Gasteiger partial charge is 0.237 e. The Hall–Kier alpha value is -0.610. The summed E-state index contributed by atoms with van der Waals surface area (Å²) in [5.74, 6) is -0.438. The predicted octanol–water partition coefficient (Wildman–Crippen LogP) is 0.698. The van der Waals surface area contributed by atoms with Gasteiger partial charge in [-0.3, -0.25) is 4.79 Å². The van der Waals surface area contributed by atoms with Crippen molar-refractivity contribution in [1.82, 2.24) is 4.90 Å². The first-order valence-corrected chi connectivity index (χ1v) is 5.53. The minimum atomic E-state index is -0.916. The molecule has 0 rings (SSSR count). The van der Waals surface area contributed by atoms with Crippen molar-refractivity contribution in [1.29, 1.82) is 0 Å². The van der Waals surface area contributed by atoms with Crippen molar-refractivity contribution in [2.45, 2.75) is 58.2 Å². The van der Waals surface area contributed by atoms with Crippen molar-refractivity contribution in [2.24, 2.45) is 11.5 Å². The van der Waals surface area contributed by atoms with Crippen molar-refractivity contribution in [3.8, 4) is 0 Å². The molecule has 0 saturated carbocycles. The van der Waals surface area contributed by atoms with Gasteiger partial charge in [0.2, 0.25) is 5.91 Å². The zero-order chi connectivity index (χ0) is 12.2. The Balaban J connectivity index is 4.36. The number of carbonyl (C=O) groups is 1. The number of carbonyl (C=O) groups excluding carboxylic acids is 1. The van der Waals surface area contributed by atoms with Gasteiger partial charge in [-0.25, -0.2) is 0 Å². The van der Waals surface area contributed by atoms with Gasteiger partial charge in [-0.15, -0.1) is 0 Å². The number of amides is 1. The van der Waals surface area contributed by atoms with Crippen LogP contribution in [0.1, 0.15) is 40.5 Å². The molecule has 0 saturated heterocycles. The van der Waals surface area contributed by atoms with Crippen LogP contribution in [0.5, 0.6) is 0 Å². The van der Waals surface area contributed by atoms with Crippen LogP contribution in [0.2, 0.25) is 0 Å². The zero-order valence-electron chi connectivity index (χ0n) is 10.6.